The van der Waals surface area contributed by atoms with Crippen LogP contribution < -0.4 is 21.7 Å². The van der Waals surface area contributed by atoms with Gasteiger partial charge in [0.25, 0.3) is 5.91 Å². The van der Waals surface area contributed by atoms with E-state index in [1.807, 2.05) is 12.2 Å². The summed E-state index contributed by atoms with van der Waals surface area (Å²) in [6.45, 7) is 0.572. The minimum absolute atomic E-state index is 0.0549. The highest BCUT2D eigenvalue weighted by atomic mass is 35.5. The monoisotopic (exact) mass is 507 g/mol. The van der Waals surface area contributed by atoms with Crippen LogP contribution >= 0.6 is 24.2 Å². The van der Waals surface area contributed by atoms with Gasteiger partial charge in [-0.25, -0.2) is 0 Å². The summed E-state index contributed by atoms with van der Waals surface area (Å²) >= 11 is 10.5. The van der Waals surface area contributed by atoms with Crippen molar-refractivity contribution in [3.05, 3.63) is 41.1 Å². The first-order chi connectivity index (χ1) is 16.2. The van der Waals surface area contributed by atoms with Crippen LogP contribution in [-0.4, -0.2) is 57.2 Å². The lowest BCUT2D eigenvalue weighted by Gasteiger charge is -2.31. The number of aliphatic hydroxyl groups is 1. The molecule has 2 amide bonds. The maximum Gasteiger partial charge on any atom is 0.272 e. The van der Waals surface area contributed by atoms with Gasteiger partial charge in [0.1, 0.15) is 18.0 Å². The lowest BCUT2D eigenvalue weighted by molar-refractivity contribution is -0.124. The predicted octanol–water partition coefficient (Wildman–Crippen LogP) is 1.61. The number of thiol groups is 1. The van der Waals surface area contributed by atoms with E-state index in [2.05, 4.69) is 33.6 Å². The number of benzene rings is 1. The Kier molecular flexibility index (Phi) is 7.73. The number of halogens is 1. The maximum atomic E-state index is 13.2. The molecule has 1 aliphatic heterocycles. The van der Waals surface area contributed by atoms with Crippen molar-refractivity contribution in [1.29, 1.82) is 0 Å². The molecule has 0 spiro atoms. The highest BCUT2D eigenvalue weighted by molar-refractivity contribution is 7.80. The number of rotatable bonds is 9. The molecule has 1 aliphatic carbocycles. The zero-order valence-electron chi connectivity index (χ0n) is 18.5. The number of fused-ring (bicyclic) bond motifs is 1. The lowest BCUT2D eigenvalue weighted by Crippen LogP contribution is -2.54. The van der Waals surface area contributed by atoms with E-state index in [1.54, 1.807) is 18.2 Å². The standard InChI is InChI=1S/C23H30ClN5O4S/c24-14-5-1-4-13-17(14)29-18(19(13)30)23(33)28-16(9-11-6-7-11)22(32)27-15(20(25)34)10-12-3-2-8-26-21(12)31/h1-5,11-12,15-16,20-21,26,29-31,34H,6-10,25H2,(H,27,32)(H,28,33)/t12-,15-,16-,20?,21+/m0/s1. The van der Waals surface area contributed by atoms with Crippen molar-refractivity contribution in [2.75, 3.05) is 6.54 Å². The smallest absolute Gasteiger partial charge is 0.272 e. The fourth-order valence-electron chi connectivity index (χ4n) is 4.24. The first-order valence-electron chi connectivity index (χ1n) is 11.4. The minimum Gasteiger partial charge on any atom is -0.505 e. The van der Waals surface area contributed by atoms with E-state index < -0.39 is 29.6 Å². The molecule has 34 heavy (non-hydrogen) atoms. The van der Waals surface area contributed by atoms with Gasteiger partial charge in [0.2, 0.25) is 5.91 Å². The average molecular weight is 508 g/mol. The number of aromatic hydroxyl groups is 1. The van der Waals surface area contributed by atoms with E-state index in [4.69, 9.17) is 17.3 Å². The van der Waals surface area contributed by atoms with E-state index >= 15 is 0 Å². The number of H-pyrrole nitrogens is 1. The van der Waals surface area contributed by atoms with Crippen LogP contribution in [0.1, 0.15) is 36.2 Å². The highest BCUT2D eigenvalue weighted by Crippen LogP contribution is 2.35. The summed E-state index contributed by atoms with van der Waals surface area (Å²) in [6, 6.07) is 3.64. The van der Waals surface area contributed by atoms with Crippen LogP contribution in [0.2, 0.25) is 5.02 Å². The Morgan fingerprint density at radius 2 is 2.03 bits per heavy atom. The Morgan fingerprint density at radius 1 is 1.26 bits per heavy atom. The number of nitrogens with two attached hydrogens (primary N) is 1. The molecule has 1 unspecified atom stereocenters. The van der Waals surface area contributed by atoms with Crippen molar-refractivity contribution in [3.63, 3.8) is 0 Å². The van der Waals surface area contributed by atoms with E-state index in [1.165, 1.54) is 0 Å². The van der Waals surface area contributed by atoms with Crippen molar-refractivity contribution in [2.24, 2.45) is 17.6 Å². The molecule has 0 saturated heterocycles. The predicted molar refractivity (Wildman–Crippen MR) is 134 cm³/mol. The number of nitrogens with one attached hydrogen (secondary N) is 4. The summed E-state index contributed by atoms with van der Waals surface area (Å²) in [4.78, 5) is 29.1. The lowest BCUT2D eigenvalue weighted by atomic mass is 9.95. The van der Waals surface area contributed by atoms with Gasteiger partial charge in [-0.3, -0.25) is 14.9 Å². The number of aliphatic hydroxyl groups excluding tert-OH is 1. The third kappa shape index (κ3) is 5.69. The van der Waals surface area contributed by atoms with Gasteiger partial charge in [-0.05, 0) is 30.9 Å². The Bertz CT molecular complexity index is 1090. The second kappa shape index (κ2) is 10.6. The van der Waals surface area contributed by atoms with Gasteiger partial charge in [0, 0.05) is 17.8 Å². The summed E-state index contributed by atoms with van der Waals surface area (Å²) in [7, 11) is 0. The Labute approximate surface area is 207 Å². The van der Waals surface area contributed by atoms with Crippen molar-refractivity contribution in [2.45, 2.75) is 49.4 Å². The van der Waals surface area contributed by atoms with Gasteiger partial charge < -0.3 is 31.6 Å². The van der Waals surface area contributed by atoms with Crippen LogP contribution in [0.3, 0.4) is 0 Å². The molecule has 1 aromatic carbocycles. The molecule has 0 bridgehead atoms. The van der Waals surface area contributed by atoms with Gasteiger partial charge in [0.05, 0.1) is 22.0 Å². The Balaban J connectivity index is 1.48. The van der Waals surface area contributed by atoms with Crippen LogP contribution in [0.25, 0.3) is 10.9 Å². The van der Waals surface area contributed by atoms with Crippen molar-refractivity contribution in [1.82, 2.24) is 20.9 Å². The summed E-state index contributed by atoms with van der Waals surface area (Å²) in [5.41, 5.74) is 6.41. The van der Waals surface area contributed by atoms with Gasteiger partial charge in [-0.15, -0.1) is 0 Å². The number of aromatic amines is 1. The Hall–Kier alpha value is -2.24. The highest BCUT2D eigenvalue weighted by Gasteiger charge is 2.34. The van der Waals surface area contributed by atoms with Gasteiger partial charge in [0.15, 0.2) is 5.75 Å². The van der Waals surface area contributed by atoms with Crippen LogP contribution in [0.5, 0.6) is 5.75 Å². The summed E-state index contributed by atoms with van der Waals surface area (Å²) in [6.07, 6.45) is 5.91. The normalized spacial score (nSPS) is 22.8. The number of para-hydroxylation sites is 1. The zero-order chi connectivity index (χ0) is 24.4. The number of amides is 2. The summed E-state index contributed by atoms with van der Waals surface area (Å²) in [5.74, 6) is -1.10. The molecule has 184 valence electrons. The van der Waals surface area contributed by atoms with E-state index in [0.717, 1.165) is 12.8 Å². The first-order valence-corrected chi connectivity index (χ1v) is 12.3. The molecule has 2 aliphatic rings. The number of hydrogen-bond acceptors (Lipinski definition) is 7. The van der Waals surface area contributed by atoms with Gasteiger partial charge in [-0.1, -0.05) is 42.7 Å². The maximum absolute atomic E-state index is 13.2. The fourth-order valence-corrected chi connectivity index (χ4v) is 4.65. The number of hydrogen-bond donors (Lipinski definition) is 8. The van der Waals surface area contributed by atoms with Gasteiger partial charge >= 0.3 is 0 Å². The number of carbonyl (C=O) groups excluding carboxylic acids is 2. The number of carbonyl (C=O) groups is 2. The molecule has 4 rings (SSSR count). The zero-order valence-corrected chi connectivity index (χ0v) is 20.2. The topological polar surface area (TPSA) is 152 Å². The summed E-state index contributed by atoms with van der Waals surface area (Å²) in [5, 5.41) is 29.5. The molecule has 2 aromatic rings. The molecule has 2 heterocycles. The van der Waals surface area contributed by atoms with E-state index in [-0.39, 0.29) is 23.3 Å². The van der Waals surface area contributed by atoms with Crippen LogP contribution in [0.4, 0.5) is 0 Å². The van der Waals surface area contributed by atoms with Crippen molar-refractivity contribution in [3.8, 4) is 5.75 Å². The van der Waals surface area contributed by atoms with E-state index in [0.29, 0.717) is 41.2 Å². The fraction of sp³-hybridized carbons (Fsp3) is 0.478. The second-order valence-corrected chi connectivity index (χ2v) is 10.0. The molecule has 1 saturated carbocycles. The molecule has 5 atom stereocenters. The second-order valence-electron chi connectivity index (χ2n) is 9.00. The Morgan fingerprint density at radius 3 is 2.68 bits per heavy atom. The van der Waals surface area contributed by atoms with E-state index in [9.17, 15) is 19.8 Å². The first kappa shape index (κ1) is 24.9. The SMILES string of the molecule is NC(S)[C@H](C[C@@H]1C=CCN[C@@H]1O)NC(=O)[C@H](CC1CC1)NC(=O)c1[nH]c2c(Cl)cccc2c1O. The van der Waals surface area contributed by atoms with Crippen LogP contribution in [0, 0.1) is 11.8 Å². The molecular formula is C23H30ClN5O4S. The van der Waals surface area contributed by atoms with Crippen molar-refractivity contribution < 1.29 is 19.8 Å². The molecule has 9 nitrogen and oxygen atoms in total. The average Bonchev–Trinajstić information content (AvgIpc) is 3.55. The largest absolute Gasteiger partial charge is 0.505 e. The molecule has 11 heteroatoms. The van der Waals surface area contributed by atoms with Gasteiger partial charge in [-0.2, -0.15) is 12.6 Å². The molecule has 1 fully saturated rings. The van der Waals surface area contributed by atoms with Crippen LogP contribution in [-0.2, 0) is 4.79 Å². The van der Waals surface area contributed by atoms with Crippen molar-refractivity contribution >= 4 is 46.9 Å². The molecule has 1 aromatic heterocycles. The quantitative estimate of drug-likeness (QED) is 0.147. The summed E-state index contributed by atoms with van der Waals surface area (Å²) < 4.78 is 0. The number of aromatic nitrogens is 1. The molecule has 0 radical (unpaired) electrons. The van der Waals surface area contributed by atoms with Crippen LogP contribution in [0.15, 0.2) is 30.4 Å². The molecule has 8 N–H and O–H groups in total. The minimum atomic E-state index is -0.819. The third-order valence-electron chi connectivity index (χ3n) is 6.37. The molecular weight excluding hydrogens is 478 g/mol. The third-order valence-corrected chi connectivity index (χ3v) is 7.04.